The Balaban J connectivity index is 1.60. The third kappa shape index (κ3) is 3.81. The second-order valence-electron chi connectivity index (χ2n) is 5.98. The molecule has 0 fully saturated rings. The molecule has 1 aliphatic rings. The van der Waals surface area contributed by atoms with E-state index in [0.717, 1.165) is 30.3 Å². The summed E-state index contributed by atoms with van der Waals surface area (Å²) in [5.74, 6) is 0.814. The van der Waals surface area contributed by atoms with Gasteiger partial charge in [0.2, 0.25) is 0 Å². The van der Waals surface area contributed by atoms with Crippen LogP contribution in [0.1, 0.15) is 12.1 Å². The Morgan fingerprint density at radius 2 is 2.11 bits per heavy atom. The first-order chi connectivity index (χ1) is 13.4. The van der Waals surface area contributed by atoms with Crippen LogP contribution in [-0.2, 0) is 13.2 Å². The smallest absolute Gasteiger partial charge is 0.356 e. The van der Waals surface area contributed by atoms with Gasteiger partial charge < -0.3 is 10.6 Å². The summed E-state index contributed by atoms with van der Waals surface area (Å²) in [5.41, 5.74) is 0.275. The van der Waals surface area contributed by atoms with Gasteiger partial charge in [-0.3, -0.25) is 9.67 Å². The number of hydrogen-bond acceptors (Lipinski definition) is 8. The number of thiazole rings is 1. The normalized spacial score (nSPS) is 14.5. The van der Waals surface area contributed by atoms with E-state index in [1.54, 1.807) is 6.07 Å². The molecule has 0 saturated carbocycles. The highest BCUT2D eigenvalue weighted by molar-refractivity contribution is 7.14. The zero-order valence-electron chi connectivity index (χ0n) is 14.7. The van der Waals surface area contributed by atoms with Crippen molar-refractivity contribution in [2.24, 2.45) is 12.0 Å². The molecule has 8 nitrogen and oxygen atoms in total. The summed E-state index contributed by atoms with van der Waals surface area (Å²) in [5, 5.41) is 12.2. The third-order valence-corrected chi connectivity index (χ3v) is 4.70. The number of rotatable bonds is 3. The first kappa shape index (κ1) is 18.3. The van der Waals surface area contributed by atoms with E-state index < -0.39 is 11.9 Å². The lowest BCUT2D eigenvalue weighted by molar-refractivity contribution is -0.141. The predicted octanol–water partition coefficient (Wildman–Crippen LogP) is 2.78. The second kappa shape index (κ2) is 7.19. The van der Waals surface area contributed by atoms with Gasteiger partial charge in [-0.2, -0.15) is 18.3 Å². The topological polar surface area (TPSA) is 92.9 Å². The van der Waals surface area contributed by atoms with E-state index in [4.69, 9.17) is 0 Å². The number of halogens is 3. The zero-order valence-corrected chi connectivity index (χ0v) is 15.5. The number of anilines is 1. The Bertz CT molecular complexity index is 1020. The van der Waals surface area contributed by atoms with E-state index in [2.05, 4.69) is 35.7 Å². The van der Waals surface area contributed by atoms with Crippen molar-refractivity contribution in [1.82, 2.24) is 30.0 Å². The number of hydrogen-bond donors (Lipinski definition) is 2. The number of nitrogens with zero attached hydrogens (tertiary/aromatic N) is 6. The SMILES string of the molecule is Cn1nc(C(F)(F)F)cc1-c1nccc(-c2csc(NC3=NCCCN3)n2)n1. The van der Waals surface area contributed by atoms with Crippen LogP contribution in [-0.4, -0.2) is 43.8 Å². The maximum Gasteiger partial charge on any atom is 0.435 e. The lowest BCUT2D eigenvalue weighted by Gasteiger charge is -2.14. The molecule has 0 aromatic carbocycles. The van der Waals surface area contributed by atoms with E-state index in [9.17, 15) is 13.2 Å². The van der Waals surface area contributed by atoms with Crippen LogP contribution in [0.25, 0.3) is 22.9 Å². The lowest BCUT2D eigenvalue weighted by Crippen LogP contribution is -2.35. The van der Waals surface area contributed by atoms with Crippen LogP contribution in [0, 0.1) is 0 Å². The molecule has 0 spiro atoms. The summed E-state index contributed by atoms with van der Waals surface area (Å²) in [4.78, 5) is 17.2. The van der Waals surface area contributed by atoms with Crippen molar-refractivity contribution in [3.8, 4) is 22.9 Å². The summed E-state index contributed by atoms with van der Waals surface area (Å²) in [6, 6.07) is 2.58. The van der Waals surface area contributed by atoms with Gasteiger partial charge in [-0.1, -0.05) is 0 Å². The summed E-state index contributed by atoms with van der Waals surface area (Å²) in [6.07, 6.45) is -2.06. The third-order valence-electron chi connectivity index (χ3n) is 3.94. The van der Waals surface area contributed by atoms with Crippen molar-refractivity contribution in [3.05, 3.63) is 29.4 Å². The molecular weight excluding hydrogens is 393 g/mol. The number of guanidine groups is 1. The van der Waals surface area contributed by atoms with Gasteiger partial charge in [-0.25, -0.2) is 15.0 Å². The quantitative estimate of drug-likeness (QED) is 0.692. The number of aromatic nitrogens is 5. The van der Waals surface area contributed by atoms with Crippen molar-refractivity contribution < 1.29 is 13.2 Å². The maximum atomic E-state index is 12.9. The fourth-order valence-electron chi connectivity index (χ4n) is 2.61. The summed E-state index contributed by atoms with van der Waals surface area (Å²) >= 11 is 1.38. The highest BCUT2D eigenvalue weighted by Gasteiger charge is 2.35. The van der Waals surface area contributed by atoms with Gasteiger partial charge in [0.25, 0.3) is 0 Å². The minimum Gasteiger partial charge on any atom is -0.356 e. The first-order valence-electron chi connectivity index (χ1n) is 8.36. The fourth-order valence-corrected chi connectivity index (χ4v) is 3.31. The molecule has 0 unspecified atom stereocenters. The Morgan fingerprint density at radius 3 is 2.82 bits per heavy atom. The Kier molecular flexibility index (Phi) is 4.71. The van der Waals surface area contributed by atoms with Crippen molar-refractivity contribution >= 4 is 22.4 Å². The molecule has 4 rings (SSSR count). The Morgan fingerprint density at radius 1 is 1.25 bits per heavy atom. The second-order valence-corrected chi connectivity index (χ2v) is 6.83. The molecule has 146 valence electrons. The van der Waals surface area contributed by atoms with Crippen molar-refractivity contribution in [3.63, 3.8) is 0 Å². The molecule has 0 saturated heterocycles. The van der Waals surface area contributed by atoms with Gasteiger partial charge in [0.15, 0.2) is 22.6 Å². The van der Waals surface area contributed by atoms with Crippen LogP contribution < -0.4 is 10.6 Å². The Labute approximate surface area is 161 Å². The van der Waals surface area contributed by atoms with Gasteiger partial charge in [-0.05, 0) is 18.6 Å². The average molecular weight is 408 g/mol. The number of alkyl halides is 3. The van der Waals surface area contributed by atoms with Crippen LogP contribution in [0.5, 0.6) is 0 Å². The van der Waals surface area contributed by atoms with Gasteiger partial charge in [0.05, 0.1) is 5.69 Å². The van der Waals surface area contributed by atoms with E-state index in [-0.39, 0.29) is 11.5 Å². The highest BCUT2D eigenvalue weighted by atomic mass is 32.1. The van der Waals surface area contributed by atoms with Crippen LogP contribution in [0.2, 0.25) is 0 Å². The first-order valence-corrected chi connectivity index (χ1v) is 9.24. The number of aryl methyl sites for hydroxylation is 1. The standard InChI is InChI=1S/C16H15F3N8S/c1-27-11(7-12(26-27)16(17,18)19)13-20-6-3-9(23-13)10-8-28-15(24-10)25-14-21-4-2-5-22-14/h3,6-8H,2,4-5H2,1H3,(H2,21,22,24,25). The van der Waals surface area contributed by atoms with Crippen molar-refractivity contribution in [2.45, 2.75) is 12.6 Å². The van der Waals surface area contributed by atoms with E-state index in [1.807, 2.05) is 5.38 Å². The molecular formula is C16H15F3N8S. The molecule has 4 heterocycles. The summed E-state index contributed by atoms with van der Waals surface area (Å²) < 4.78 is 39.8. The molecule has 2 N–H and O–H groups in total. The van der Waals surface area contributed by atoms with Crippen molar-refractivity contribution in [1.29, 1.82) is 0 Å². The molecule has 3 aromatic heterocycles. The van der Waals surface area contributed by atoms with Crippen LogP contribution >= 0.6 is 11.3 Å². The van der Waals surface area contributed by atoms with Gasteiger partial charge in [0, 0.05) is 31.7 Å². The molecule has 1 aliphatic heterocycles. The van der Waals surface area contributed by atoms with E-state index in [1.165, 1.54) is 24.6 Å². The average Bonchev–Trinajstić information content (AvgIpc) is 3.29. The molecule has 0 amide bonds. The molecule has 0 aliphatic carbocycles. The van der Waals surface area contributed by atoms with Crippen LogP contribution in [0.15, 0.2) is 28.7 Å². The lowest BCUT2D eigenvalue weighted by atomic mass is 10.3. The van der Waals surface area contributed by atoms with Crippen LogP contribution in [0.4, 0.5) is 18.3 Å². The Hall–Kier alpha value is -3.02. The fraction of sp³-hybridized carbons (Fsp3) is 0.312. The van der Waals surface area contributed by atoms with E-state index >= 15 is 0 Å². The molecule has 0 atom stereocenters. The summed E-state index contributed by atoms with van der Waals surface area (Å²) in [7, 11) is 1.42. The maximum absolute atomic E-state index is 12.9. The van der Waals surface area contributed by atoms with E-state index in [0.29, 0.717) is 22.5 Å². The number of aliphatic imine (C=N–C) groups is 1. The molecule has 0 radical (unpaired) electrons. The van der Waals surface area contributed by atoms with Gasteiger partial charge >= 0.3 is 6.18 Å². The predicted molar refractivity (Wildman–Crippen MR) is 98.9 cm³/mol. The molecule has 28 heavy (non-hydrogen) atoms. The molecule has 3 aromatic rings. The largest absolute Gasteiger partial charge is 0.435 e. The minimum atomic E-state index is -4.53. The monoisotopic (exact) mass is 408 g/mol. The minimum absolute atomic E-state index is 0.142. The van der Waals surface area contributed by atoms with Crippen molar-refractivity contribution in [2.75, 3.05) is 18.4 Å². The number of nitrogens with one attached hydrogen (secondary N) is 2. The molecule has 12 heteroatoms. The zero-order chi connectivity index (χ0) is 19.7. The van der Waals surface area contributed by atoms with Gasteiger partial charge in [0.1, 0.15) is 11.4 Å². The summed E-state index contributed by atoms with van der Waals surface area (Å²) in [6.45, 7) is 1.61. The van der Waals surface area contributed by atoms with Gasteiger partial charge in [-0.15, -0.1) is 11.3 Å². The highest BCUT2D eigenvalue weighted by Crippen LogP contribution is 2.31. The molecule has 0 bridgehead atoms. The van der Waals surface area contributed by atoms with Crippen LogP contribution in [0.3, 0.4) is 0 Å².